The lowest BCUT2D eigenvalue weighted by molar-refractivity contribution is -0.139. The summed E-state index contributed by atoms with van der Waals surface area (Å²) < 4.78 is 43.2. The van der Waals surface area contributed by atoms with E-state index in [1.165, 1.54) is 12.1 Å². The zero-order chi connectivity index (χ0) is 14.0. The van der Waals surface area contributed by atoms with E-state index in [-0.39, 0.29) is 24.5 Å². The van der Waals surface area contributed by atoms with Gasteiger partial charge in [0.1, 0.15) is 5.75 Å². The van der Waals surface area contributed by atoms with E-state index < -0.39 is 17.3 Å². The standard InChI is InChI=1S/C12H16F3NO2/c1-11(2,17)5-6-18-10-4-3-8(16)7-9(10)12(13,14)15/h3-4,7,17H,5-6,16H2,1-2H3. The van der Waals surface area contributed by atoms with Crippen LogP contribution in [0.3, 0.4) is 0 Å². The van der Waals surface area contributed by atoms with E-state index >= 15 is 0 Å². The molecule has 0 aliphatic carbocycles. The van der Waals surface area contributed by atoms with E-state index in [0.717, 1.165) is 6.07 Å². The van der Waals surface area contributed by atoms with Crippen LogP contribution in [0, 0.1) is 0 Å². The molecule has 3 nitrogen and oxygen atoms in total. The van der Waals surface area contributed by atoms with Crippen molar-refractivity contribution in [3.8, 4) is 5.75 Å². The molecule has 0 aliphatic heterocycles. The number of aliphatic hydroxyl groups is 1. The second-order valence-electron chi connectivity index (χ2n) is 4.66. The fourth-order valence-electron chi connectivity index (χ4n) is 1.31. The Bertz CT molecular complexity index is 411. The molecule has 6 heteroatoms. The largest absolute Gasteiger partial charge is 0.493 e. The van der Waals surface area contributed by atoms with Gasteiger partial charge in [0.05, 0.1) is 17.8 Å². The Morgan fingerprint density at radius 1 is 1.28 bits per heavy atom. The van der Waals surface area contributed by atoms with Gasteiger partial charge in [-0.3, -0.25) is 0 Å². The fourth-order valence-corrected chi connectivity index (χ4v) is 1.31. The van der Waals surface area contributed by atoms with Gasteiger partial charge < -0.3 is 15.6 Å². The Hall–Kier alpha value is -1.43. The lowest BCUT2D eigenvalue weighted by Gasteiger charge is -2.19. The van der Waals surface area contributed by atoms with Crippen LogP contribution >= 0.6 is 0 Å². The van der Waals surface area contributed by atoms with Crippen LogP contribution in [0.15, 0.2) is 18.2 Å². The maximum absolute atomic E-state index is 12.7. The van der Waals surface area contributed by atoms with Crippen molar-refractivity contribution in [2.45, 2.75) is 32.0 Å². The molecule has 0 fully saturated rings. The van der Waals surface area contributed by atoms with Crippen LogP contribution in [0.4, 0.5) is 18.9 Å². The van der Waals surface area contributed by atoms with Crippen LogP contribution in [0.2, 0.25) is 0 Å². The van der Waals surface area contributed by atoms with Crippen LogP contribution in [0.25, 0.3) is 0 Å². The quantitative estimate of drug-likeness (QED) is 0.821. The smallest absolute Gasteiger partial charge is 0.420 e. The monoisotopic (exact) mass is 263 g/mol. The topological polar surface area (TPSA) is 55.5 Å². The summed E-state index contributed by atoms with van der Waals surface area (Å²) >= 11 is 0. The van der Waals surface area contributed by atoms with Crippen molar-refractivity contribution in [2.24, 2.45) is 0 Å². The first-order chi connectivity index (χ1) is 8.09. The number of hydrogen-bond donors (Lipinski definition) is 2. The summed E-state index contributed by atoms with van der Waals surface area (Å²) in [6.07, 6.45) is -4.28. The molecule has 18 heavy (non-hydrogen) atoms. The molecule has 0 saturated heterocycles. The molecular formula is C12H16F3NO2. The van der Waals surface area contributed by atoms with E-state index in [2.05, 4.69) is 0 Å². The van der Waals surface area contributed by atoms with Gasteiger partial charge in [0, 0.05) is 12.1 Å². The molecule has 0 saturated carbocycles. The number of benzene rings is 1. The molecule has 1 aromatic carbocycles. The van der Waals surface area contributed by atoms with Gasteiger partial charge in [-0.2, -0.15) is 13.2 Å². The van der Waals surface area contributed by atoms with E-state index in [9.17, 15) is 18.3 Å². The minimum Gasteiger partial charge on any atom is -0.493 e. The van der Waals surface area contributed by atoms with Gasteiger partial charge >= 0.3 is 6.18 Å². The number of anilines is 1. The van der Waals surface area contributed by atoms with Gasteiger partial charge in [0.2, 0.25) is 0 Å². The molecule has 3 N–H and O–H groups in total. The average Bonchev–Trinajstić information content (AvgIpc) is 2.17. The summed E-state index contributed by atoms with van der Waals surface area (Å²) in [5.74, 6) is -0.277. The third-order valence-corrected chi connectivity index (χ3v) is 2.28. The maximum Gasteiger partial charge on any atom is 0.420 e. The summed E-state index contributed by atoms with van der Waals surface area (Å²) in [6.45, 7) is 3.12. The molecule has 0 aliphatic rings. The van der Waals surface area contributed by atoms with Crippen LogP contribution < -0.4 is 10.5 Å². The lowest BCUT2D eigenvalue weighted by atomic mass is 10.1. The molecule has 0 atom stereocenters. The van der Waals surface area contributed by atoms with Crippen LogP contribution in [0.1, 0.15) is 25.8 Å². The molecule has 1 rings (SSSR count). The molecule has 0 radical (unpaired) electrons. The highest BCUT2D eigenvalue weighted by Crippen LogP contribution is 2.37. The van der Waals surface area contributed by atoms with Gasteiger partial charge in [-0.1, -0.05) is 0 Å². The zero-order valence-electron chi connectivity index (χ0n) is 10.2. The molecule has 1 aromatic rings. The molecule has 102 valence electrons. The zero-order valence-corrected chi connectivity index (χ0v) is 10.2. The van der Waals surface area contributed by atoms with Crippen molar-refractivity contribution in [3.63, 3.8) is 0 Å². The van der Waals surface area contributed by atoms with Crippen molar-refractivity contribution >= 4 is 5.69 Å². The second-order valence-corrected chi connectivity index (χ2v) is 4.66. The summed E-state index contributed by atoms with van der Waals surface area (Å²) in [5, 5.41) is 9.45. The highest BCUT2D eigenvalue weighted by Gasteiger charge is 2.34. The van der Waals surface area contributed by atoms with Crippen molar-refractivity contribution in [2.75, 3.05) is 12.3 Å². The lowest BCUT2D eigenvalue weighted by Crippen LogP contribution is -2.22. The predicted molar refractivity (Wildman–Crippen MR) is 62.3 cm³/mol. The molecular weight excluding hydrogens is 247 g/mol. The van der Waals surface area contributed by atoms with Crippen LogP contribution in [-0.4, -0.2) is 17.3 Å². The summed E-state index contributed by atoms with van der Waals surface area (Å²) in [4.78, 5) is 0. The molecule has 0 spiro atoms. The molecule has 0 bridgehead atoms. The third-order valence-electron chi connectivity index (χ3n) is 2.28. The van der Waals surface area contributed by atoms with Gasteiger partial charge in [-0.15, -0.1) is 0 Å². The van der Waals surface area contributed by atoms with E-state index in [0.29, 0.717) is 0 Å². The predicted octanol–water partition coefficient (Wildman–Crippen LogP) is 2.83. The van der Waals surface area contributed by atoms with Crippen molar-refractivity contribution in [3.05, 3.63) is 23.8 Å². The Labute approximate surface area is 103 Å². The number of rotatable bonds is 4. The Kier molecular flexibility index (Phi) is 4.11. The molecule has 0 aromatic heterocycles. The van der Waals surface area contributed by atoms with Gasteiger partial charge in [-0.05, 0) is 32.0 Å². The SMILES string of the molecule is CC(C)(O)CCOc1ccc(N)cc1C(F)(F)F. The van der Waals surface area contributed by atoms with Crippen molar-refractivity contribution in [1.29, 1.82) is 0 Å². The normalized spacial score (nSPS) is 12.6. The van der Waals surface area contributed by atoms with Crippen LogP contribution in [0.5, 0.6) is 5.75 Å². The summed E-state index contributed by atoms with van der Waals surface area (Å²) in [5.41, 5.74) is 3.47. The average molecular weight is 263 g/mol. The van der Waals surface area contributed by atoms with Gasteiger partial charge in [0.25, 0.3) is 0 Å². The first-order valence-electron chi connectivity index (χ1n) is 5.41. The number of nitrogens with two attached hydrogens (primary N) is 1. The Balaban J connectivity index is 2.83. The third kappa shape index (κ3) is 4.44. The number of alkyl halides is 3. The first kappa shape index (κ1) is 14.6. The highest BCUT2D eigenvalue weighted by molar-refractivity contribution is 5.49. The van der Waals surface area contributed by atoms with E-state index in [1.54, 1.807) is 13.8 Å². The second kappa shape index (κ2) is 5.06. The molecule has 0 unspecified atom stereocenters. The highest BCUT2D eigenvalue weighted by atomic mass is 19.4. The van der Waals surface area contributed by atoms with Gasteiger partial charge in [0.15, 0.2) is 0 Å². The van der Waals surface area contributed by atoms with Crippen molar-refractivity contribution in [1.82, 2.24) is 0 Å². The fraction of sp³-hybridized carbons (Fsp3) is 0.500. The van der Waals surface area contributed by atoms with Gasteiger partial charge in [-0.25, -0.2) is 0 Å². The maximum atomic E-state index is 12.7. The molecule has 0 amide bonds. The Morgan fingerprint density at radius 3 is 2.39 bits per heavy atom. The number of ether oxygens (including phenoxy) is 1. The minimum atomic E-state index is -4.51. The summed E-state index contributed by atoms with van der Waals surface area (Å²) in [6, 6.07) is 3.36. The minimum absolute atomic E-state index is 0.00347. The van der Waals surface area contributed by atoms with Crippen LogP contribution in [-0.2, 0) is 6.18 Å². The number of nitrogen functional groups attached to an aromatic ring is 1. The first-order valence-corrected chi connectivity index (χ1v) is 5.41. The van der Waals surface area contributed by atoms with Crippen molar-refractivity contribution < 1.29 is 23.0 Å². The molecule has 0 heterocycles. The van der Waals surface area contributed by atoms with E-state index in [1.807, 2.05) is 0 Å². The number of halogens is 3. The Morgan fingerprint density at radius 2 is 1.89 bits per heavy atom. The number of hydrogen-bond acceptors (Lipinski definition) is 3. The van der Waals surface area contributed by atoms with E-state index in [4.69, 9.17) is 10.5 Å². The summed E-state index contributed by atoms with van der Waals surface area (Å²) in [7, 11) is 0.